The average Bonchev–Trinajstić information content (AvgIpc) is 2.27. The molecule has 0 aromatic heterocycles. The van der Waals surface area contributed by atoms with Crippen molar-refractivity contribution in [3.8, 4) is 5.75 Å². The van der Waals surface area contributed by atoms with E-state index in [9.17, 15) is 13.2 Å². The van der Waals surface area contributed by atoms with E-state index >= 15 is 0 Å². The molecule has 1 atom stereocenters. The van der Waals surface area contributed by atoms with Crippen LogP contribution in [-0.4, -0.2) is 6.36 Å². The number of hydrogen-bond acceptors (Lipinski definition) is 1. The second-order valence-electron chi connectivity index (χ2n) is 2.59. The van der Waals surface area contributed by atoms with E-state index in [0.717, 1.165) is 5.56 Å². The van der Waals surface area contributed by atoms with Crippen molar-refractivity contribution in [3.63, 3.8) is 0 Å². The van der Waals surface area contributed by atoms with Crippen LogP contribution in [0.5, 0.6) is 5.75 Å². The molecule has 1 nitrogen and oxygen atoms in total. The molecule has 0 bridgehead atoms. The number of halogens is 3. The van der Waals surface area contributed by atoms with Gasteiger partial charge in [-0.25, -0.2) is 0 Å². The van der Waals surface area contributed by atoms with Crippen LogP contribution in [-0.2, 0) is 0 Å². The van der Waals surface area contributed by atoms with Gasteiger partial charge in [-0.1, -0.05) is 39.3 Å². The summed E-state index contributed by atoms with van der Waals surface area (Å²) in [4.78, 5) is 0. The molecule has 100 valence electrons. The smallest absolute Gasteiger partial charge is 0.405 e. The van der Waals surface area contributed by atoms with Gasteiger partial charge in [0.1, 0.15) is 5.75 Å². The van der Waals surface area contributed by atoms with E-state index in [0.29, 0.717) is 5.30 Å². The third kappa shape index (κ3) is 8.99. The zero-order valence-electron chi connectivity index (χ0n) is 10.9. The molecule has 0 aliphatic rings. The first-order valence-corrected chi connectivity index (χ1v) is 6.08. The molecular formula is C12H20F3OP. The summed E-state index contributed by atoms with van der Waals surface area (Å²) in [6.07, 6.45) is -4.62. The summed E-state index contributed by atoms with van der Waals surface area (Å²) in [5, 5.41) is 0.400. The van der Waals surface area contributed by atoms with Gasteiger partial charge in [-0.15, -0.1) is 22.4 Å². The summed E-state index contributed by atoms with van der Waals surface area (Å²) in [7, 11) is 2.20. The van der Waals surface area contributed by atoms with E-state index in [-0.39, 0.29) is 5.75 Å². The van der Waals surface area contributed by atoms with Crippen LogP contribution in [0.2, 0.25) is 0 Å². The Morgan fingerprint density at radius 2 is 1.53 bits per heavy atom. The molecule has 0 saturated carbocycles. The Balaban J connectivity index is 0. The number of rotatable bonds is 1. The molecule has 1 rings (SSSR count). The van der Waals surface area contributed by atoms with Crippen molar-refractivity contribution in [2.45, 2.75) is 41.0 Å². The van der Waals surface area contributed by atoms with Gasteiger partial charge >= 0.3 is 6.36 Å². The zero-order valence-corrected chi connectivity index (χ0v) is 12.0. The Labute approximate surface area is 104 Å². The van der Waals surface area contributed by atoms with Crippen LogP contribution in [0.25, 0.3) is 0 Å². The van der Waals surface area contributed by atoms with Gasteiger partial charge in [0.05, 0.1) is 0 Å². The van der Waals surface area contributed by atoms with Crippen LogP contribution in [0.4, 0.5) is 13.2 Å². The fraction of sp³-hybridized carbons (Fsp3) is 0.500. The number of alkyl halides is 3. The first-order chi connectivity index (χ1) is 7.88. The molecule has 0 amide bonds. The van der Waals surface area contributed by atoms with Crippen LogP contribution < -0.4 is 10.0 Å². The van der Waals surface area contributed by atoms with E-state index in [4.69, 9.17) is 0 Å². The highest BCUT2D eigenvalue weighted by Gasteiger charge is 2.31. The number of aryl methyl sites for hydroxylation is 1. The lowest BCUT2D eigenvalue weighted by atomic mass is 10.2. The Hall–Kier alpha value is -0.760. The van der Waals surface area contributed by atoms with Crippen molar-refractivity contribution in [2.75, 3.05) is 0 Å². The summed E-state index contributed by atoms with van der Waals surface area (Å²) in [6.45, 7) is 9.80. The first-order valence-electron chi connectivity index (χ1n) is 5.50. The molecular weight excluding hydrogens is 248 g/mol. The number of ether oxygens (including phenoxy) is 1. The molecule has 0 N–H and O–H groups in total. The van der Waals surface area contributed by atoms with Gasteiger partial charge in [-0.3, -0.25) is 0 Å². The minimum absolute atomic E-state index is 0.178. The third-order valence-electron chi connectivity index (χ3n) is 1.39. The molecule has 1 aromatic rings. The summed E-state index contributed by atoms with van der Waals surface area (Å²) in [6, 6.07) is 4.46. The quantitative estimate of drug-likeness (QED) is 0.684. The third-order valence-corrected chi connectivity index (χ3v) is 1.84. The van der Waals surface area contributed by atoms with Crippen LogP contribution in [0.15, 0.2) is 18.2 Å². The Kier molecular flexibility index (Phi) is 10.2. The molecule has 5 heteroatoms. The second-order valence-corrected chi connectivity index (χ2v) is 3.21. The van der Waals surface area contributed by atoms with Gasteiger partial charge in [0, 0.05) is 5.30 Å². The van der Waals surface area contributed by atoms with Gasteiger partial charge in [-0.2, -0.15) is 0 Å². The highest BCUT2D eigenvalue weighted by Crippen LogP contribution is 2.22. The predicted molar refractivity (Wildman–Crippen MR) is 69.9 cm³/mol. The van der Waals surface area contributed by atoms with E-state index < -0.39 is 6.36 Å². The minimum Gasteiger partial charge on any atom is -0.405 e. The maximum atomic E-state index is 11.8. The highest BCUT2D eigenvalue weighted by molar-refractivity contribution is 7.27. The van der Waals surface area contributed by atoms with Crippen molar-refractivity contribution in [1.82, 2.24) is 0 Å². The van der Waals surface area contributed by atoms with E-state index in [1.54, 1.807) is 19.1 Å². The monoisotopic (exact) mass is 268 g/mol. The van der Waals surface area contributed by atoms with Crippen molar-refractivity contribution in [3.05, 3.63) is 23.8 Å². The zero-order chi connectivity index (χ0) is 14.1. The minimum atomic E-state index is -4.62. The molecule has 17 heavy (non-hydrogen) atoms. The second kappa shape index (κ2) is 9.29. The SMILES string of the molecule is CC.CC.Cc1ccc(OC(F)(F)F)c(P)c1. The van der Waals surface area contributed by atoms with Crippen molar-refractivity contribution >= 4 is 14.5 Å². The van der Waals surface area contributed by atoms with E-state index in [1.165, 1.54) is 6.07 Å². The van der Waals surface area contributed by atoms with Gasteiger partial charge in [0.2, 0.25) is 0 Å². The lowest BCUT2D eigenvalue weighted by Gasteiger charge is -2.11. The van der Waals surface area contributed by atoms with Crippen LogP contribution >= 0.6 is 9.24 Å². The fourth-order valence-corrected chi connectivity index (χ4v) is 1.30. The Morgan fingerprint density at radius 3 is 1.88 bits per heavy atom. The van der Waals surface area contributed by atoms with Crippen molar-refractivity contribution in [1.29, 1.82) is 0 Å². The summed E-state index contributed by atoms with van der Waals surface area (Å²) in [5.74, 6) is -0.178. The molecule has 0 spiro atoms. The molecule has 0 radical (unpaired) electrons. The Morgan fingerprint density at radius 1 is 1.06 bits per heavy atom. The van der Waals surface area contributed by atoms with Crippen LogP contribution in [0.1, 0.15) is 33.3 Å². The molecule has 0 fully saturated rings. The molecule has 0 aliphatic heterocycles. The largest absolute Gasteiger partial charge is 0.573 e. The molecule has 0 heterocycles. The molecule has 0 saturated heterocycles. The average molecular weight is 268 g/mol. The first kappa shape index (κ1) is 18.6. The lowest BCUT2D eigenvalue weighted by Crippen LogP contribution is -2.19. The summed E-state index contributed by atoms with van der Waals surface area (Å²) < 4.78 is 39.1. The van der Waals surface area contributed by atoms with Gasteiger partial charge < -0.3 is 4.74 Å². The summed E-state index contributed by atoms with van der Waals surface area (Å²) in [5.41, 5.74) is 0.888. The Bertz CT molecular complexity index is 311. The molecule has 1 unspecified atom stereocenters. The van der Waals surface area contributed by atoms with Crippen LogP contribution in [0, 0.1) is 6.92 Å². The number of benzene rings is 1. The number of hydrogen-bond donors (Lipinski definition) is 0. The predicted octanol–water partition coefficient (Wildman–Crippen LogP) is 4.45. The topological polar surface area (TPSA) is 9.23 Å². The fourth-order valence-electron chi connectivity index (χ4n) is 0.886. The maximum Gasteiger partial charge on any atom is 0.573 e. The van der Waals surface area contributed by atoms with E-state index in [2.05, 4.69) is 14.0 Å². The van der Waals surface area contributed by atoms with Gasteiger partial charge in [0.15, 0.2) is 0 Å². The lowest BCUT2D eigenvalue weighted by molar-refractivity contribution is -0.274. The maximum absolute atomic E-state index is 11.8. The summed E-state index contributed by atoms with van der Waals surface area (Å²) >= 11 is 0. The van der Waals surface area contributed by atoms with Crippen molar-refractivity contribution < 1.29 is 17.9 Å². The van der Waals surface area contributed by atoms with Gasteiger partial charge in [-0.05, 0) is 19.1 Å². The molecule has 0 aliphatic carbocycles. The highest BCUT2D eigenvalue weighted by atomic mass is 31.0. The van der Waals surface area contributed by atoms with Gasteiger partial charge in [0.25, 0.3) is 0 Å². The molecule has 1 aromatic carbocycles. The van der Waals surface area contributed by atoms with Crippen molar-refractivity contribution in [2.24, 2.45) is 0 Å². The normalized spacial score (nSPS) is 9.47. The van der Waals surface area contributed by atoms with E-state index in [1.807, 2.05) is 27.7 Å². The van der Waals surface area contributed by atoms with Crippen LogP contribution in [0.3, 0.4) is 0 Å². The standard InChI is InChI=1S/C8H8F3OP.2C2H6/c1-5-2-3-6(7(13)4-5)12-8(9,10)11;2*1-2/h2-4H,13H2,1H3;2*1-2H3.